The van der Waals surface area contributed by atoms with Gasteiger partial charge in [0.15, 0.2) is 0 Å². The highest BCUT2D eigenvalue weighted by Gasteiger charge is 2.19. The Bertz CT molecular complexity index is 998. The maximum absolute atomic E-state index is 14.3. The number of aromatic nitrogens is 2. The number of rotatable bonds is 8. The van der Waals surface area contributed by atoms with Gasteiger partial charge in [0.25, 0.3) is 5.56 Å². The third-order valence-electron chi connectivity index (χ3n) is 4.16. The van der Waals surface area contributed by atoms with Crippen LogP contribution in [0.15, 0.2) is 34.4 Å². The van der Waals surface area contributed by atoms with Gasteiger partial charge in [-0.2, -0.15) is 0 Å². The Morgan fingerprint density at radius 1 is 1.29 bits per heavy atom. The summed E-state index contributed by atoms with van der Waals surface area (Å²) < 4.78 is 22.9. The molecule has 0 saturated heterocycles. The topological polar surface area (TPSA) is 68.5 Å². The minimum absolute atomic E-state index is 0.116. The summed E-state index contributed by atoms with van der Waals surface area (Å²) in [5, 5.41) is 2.88. The van der Waals surface area contributed by atoms with Gasteiger partial charge in [-0.3, -0.25) is 13.9 Å². The Hall–Kier alpha value is -1.98. The van der Waals surface area contributed by atoms with E-state index in [0.29, 0.717) is 12.2 Å². The summed E-state index contributed by atoms with van der Waals surface area (Å²) in [6.07, 6.45) is 0. The molecule has 0 amide bonds. The van der Waals surface area contributed by atoms with Crippen LogP contribution in [0.4, 0.5) is 15.9 Å². The normalized spacial score (nSPS) is 11.1. The van der Waals surface area contributed by atoms with Gasteiger partial charge in [0.2, 0.25) is 0 Å². The number of anilines is 2. The van der Waals surface area contributed by atoms with Crippen molar-refractivity contribution >= 4 is 39.7 Å². The van der Waals surface area contributed by atoms with E-state index < -0.39 is 17.1 Å². The van der Waals surface area contributed by atoms with Crippen LogP contribution in [0.1, 0.15) is 5.56 Å². The van der Waals surface area contributed by atoms with Crippen LogP contribution in [0.3, 0.4) is 0 Å². The highest BCUT2D eigenvalue weighted by atomic mass is 127. The van der Waals surface area contributed by atoms with Gasteiger partial charge in [0, 0.05) is 24.2 Å². The molecule has 7 nitrogen and oxygen atoms in total. The average Bonchev–Trinajstić information content (AvgIpc) is 2.63. The molecule has 0 fully saturated rings. The minimum atomic E-state index is -0.525. The molecule has 1 N–H and O–H groups in total. The molecule has 0 atom stereocenters. The Morgan fingerprint density at radius 3 is 2.57 bits per heavy atom. The molecule has 0 aliphatic heterocycles. The lowest BCUT2D eigenvalue weighted by molar-refractivity contribution is 0.146. The Labute approximate surface area is 176 Å². The number of benzene rings is 1. The molecule has 0 bridgehead atoms. The van der Waals surface area contributed by atoms with Gasteiger partial charge in [-0.05, 0) is 60.5 Å². The Balaban J connectivity index is 2.44. The molecule has 0 aliphatic rings. The maximum Gasteiger partial charge on any atom is 0.332 e. The third kappa shape index (κ3) is 5.09. The van der Waals surface area contributed by atoms with E-state index in [9.17, 15) is 14.0 Å². The van der Waals surface area contributed by atoms with Gasteiger partial charge in [0.1, 0.15) is 11.6 Å². The zero-order valence-electron chi connectivity index (χ0n) is 16.4. The van der Waals surface area contributed by atoms with Crippen molar-refractivity contribution in [3.8, 4) is 0 Å². The van der Waals surface area contributed by atoms with E-state index in [-0.39, 0.29) is 23.7 Å². The Morgan fingerprint density at radius 2 is 1.96 bits per heavy atom. The molecule has 0 radical (unpaired) electrons. The van der Waals surface area contributed by atoms with Gasteiger partial charge < -0.3 is 15.0 Å². The summed E-state index contributed by atoms with van der Waals surface area (Å²) in [6.45, 7) is 5.25. The quantitative estimate of drug-likeness (QED) is 0.443. The van der Waals surface area contributed by atoms with Crippen LogP contribution < -0.4 is 16.6 Å². The van der Waals surface area contributed by atoms with E-state index in [2.05, 4.69) is 11.9 Å². The van der Waals surface area contributed by atoms with Crippen molar-refractivity contribution in [2.45, 2.75) is 0 Å². The van der Waals surface area contributed by atoms with E-state index in [1.165, 1.54) is 24.7 Å². The lowest BCUT2D eigenvalue weighted by Gasteiger charge is -2.19. The van der Waals surface area contributed by atoms with E-state index in [1.807, 2.05) is 41.6 Å². The zero-order valence-corrected chi connectivity index (χ0v) is 18.5. The van der Waals surface area contributed by atoms with Crippen LogP contribution in [0.5, 0.6) is 0 Å². The summed E-state index contributed by atoms with van der Waals surface area (Å²) in [5.41, 5.74) is -0.289. The largest absolute Gasteiger partial charge is 0.375 e. The first-order valence-electron chi connectivity index (χ1n) is 8.56. The number of hydrogen-bond acceptors (Lipinski definition) is 5. The molecular formula is C19H24FIN4O3. The average molecular weight is 502 g/mol. The van der Waals surface area contributed by atoms with Crippen molar-refractivity contribution in [3.05, 3.63) is 60.6 Å². The molecule has 0 unspecified atom stereocenters. The maximum atomic E-state index is 14.3. The van der Waals surface area contributed by atoms with Gasteiger partial charge in [-0.15, -0.1) is 0 Å². The third-order valence-corrected chi connectivity index (χ3v) is 4.83. The van der Waals surface area contributed by atoms with Crippen LogP contribution in [0, 0.1) is 9.39 Å². The van der Waals surface area contributed by atoms with Gasteiger partial charge in [0.05, 0.1) is 24.5 Å². The van der Waals surface area contributed by atoms with Crippen LogP contribution in [-0.2, 0) is 18.8 Å². The number of halogens is 2. The molecular weight excluding hydrogens is 478 g/mol. The van der Waals surface area contributed by atoms with Crippen LogP contribution in [-0.4, -0.2) is 47.9 Å². The molecule has 0 aliphatic carbocycles. The fourth-order valence-electron chi connectivity index (χ4n) is 2.54. The van der Waals surface area contributed by atoms with Gasteiger partial charge in [-0.25, -0.2) is 9.18 Å². The number of nitrogens with zero attached hydrogens (tertiary/aromatic N) is 3. The highest BCUT2D eigenvalue weighted by molar-refractivity contribution is 14.1. The number of likely N-dealkylation sites (N-methyl/N-ethyl adjacent to an activating group) is 1. The molecule has 152 valence electrons. The smallest absolute Gasteiger partial charge is 0.332 e. The highest BCUT2D eigenvalue weighted by Crippen LogP contribution is 2.25. The van der Waals surface area contributed by atoms with E-state index >= 15 is 0 Å². The van der Waals surface area contributed by atoms with E-state index in [0.717, 1.165) is 14.7 Å². The first-order valence-corrected chi connectivity index (χ1v) is 9.64. The molecule has 0 saturated carbocycles. The molecule has 0 spiro atoms. The van der Waals surface area contributed by atoms with Crippen molar-refractivity contribution in [3.63, 3.8) is 0 Å². The van der Waals surface area contributed by atoms with Gasteiger partial charge >= 0.3 is 5.69 Å². The summed E-state index contributed by atoms with van der Waals surface area (Å²) in [7, 11) is 6.76. The second-order valence-corrected chi connectivity index (χ2v) is 7.88. The molecule has 1 heterocycles. The standard InChI is InChI=1S/C19H24FIN4O3/c1-12(11-28-9-8-23(2)3)16-17(24(4)19(27)25(5)18(16)26)22-15-7-6-13(21)10-14(15)20/h6-7,10,22H,1,8-9,11H2,2-5H3. The minimum Gasteiger partial charge on any atom is -0.375 e. The van der Waals surface area contributed by atoms with Crippen molar-refractivity contribution in [1.82, 2.24) is 14.0 Å². The zero-order chi connectivity index (χ0) is 21.0. The monoisotopic (exact) mass is 502 g/mol. The predicted octanol–water partition coefficient (Wildman–Crippen LogP) is 2.16. The lowest BCUT2D eigenvalue weighted by Crippen LogP contribution is -2.40. The van der Waals surface area contributed by atoms with Crippen LogP contribution in [0.2, 0.25) is 0 Å². The number of nitrogens with one attached hydrogen (secondary N) is 1. The first-order chi connectivity index (χ1) is 13.1. The van der Waals surface area contributed by atoms with Gasteiger partial charge in [-0.1, -0.05) is 6.58 Å². The lowest BCUT2D eigenvalue weighted by atomic mass is 10.1. The van der Waals surface area contributed by atoms with Crippen molar-refractivity contribution in [2.75, 3.05) is 39.2 Å². The van der Waals surface area contributed by atoms with E-state index in [1.54, 1.807) is 12.1 Å². The molecule has 1 aromatic carbocycles. The van der Waals surface area contributed by atoms with Crippen molar-refractivity contribution in [2.24, 2.45) is 14.1 Å². The molecule has 2 rings (SSSR count). The fraction of sp³-hybridized carbons (Fsp3) is 0.368. The first kappa shape index (κ1) is 22.3. The molecule has 1 aromatic heterocycles. The fourth-order valence-corrected chi connectivity index (χ4v) is 3.00. The SMILES string of the molecule is C=C(COCCN(C)C)c1c(Nc2ccc(I)cc2F)n(C)c(=O)n(C)c1=O. The second-order valence-electron chi connectivity index (χ2n) is 6.64. The number of ether oxygens (including phenoxy) is 1. The number of hydrogen-bond donors (Lipinski definition) is 1. The molecule has 2 aromatic rings. The summed E-state index contributed by atoms with van der Waals surface area (Å²) in [5.74, 6) is -0.312. The predicted molar refractivity (Wildman–Crippen MR) is 118 cm³/mol. The van der Waals surface area contributed by atoms with Crippen molar-refractivity contribution in [1.29, 1.82) is 0 Å². The summed E-state index contributed by atoms with van der Waals surface area (Å²) in [6, 6.07) is 4.64. The second kappa shape index (κ2) is 9.48. The van der Waals surface area contributed by atoms with Crippen LogP contribution in [0.25, 0.3) is 5.57 Å². The Kier molecular flexibility index (Phi) is 7.55. The molecule has 9 heteroatoms. The van der Waals surface area contributed by atoms with Crippen LogP contribution >= 0.6 is 22.6 Å². The summed E-state index contributed by atoms with van der Waals surface area (Å²) >= 11 is 2.00. The van der Waals surface area contributed by atoms with E-state index in [4.69, 9.17) is 4.74 Å². The summed E-state index contributed by atoms with van der Waals surface area (Å²) in [4.78, 5) is 27.1. The van der Waals surface area contributed by atoms with Crippen molar-refractivity contribution < 1.29 is 9.13 Å². The molecule has 28 heavy (non-hydrogen) atoms.